The zero-order chi connectivity index (χ0) is 9.84. The SMILES string of the molecule is CC(C)Nc1cncc(B(O)O)c1. The van der Waals surface area contributed by atoms with Crippen molar-refractivity contribution in [2.45, 2.75) is 19.9 Å². The molecule has 0 aliphatic heterocycles. The van der Waals surface area contributed by atoms with Crippen molar-refractivity contribution in [1.82, 2.24) is 4.98 Å². The van der Waals surface area contributed by atoms with Crippen LogP contribution >= 0.6 is 0 Å². The summed E-state index contributed by atoms with van der Waals surface area (Å²) >= 11 is 0. The second-order valence-electron chi connectivity index (χ2n) is 3.18. The second kappa shape index (κ2) is 4.25. The number of hydrogen-bond donors (Lipinski definition) is 3. The highest BCUT2D eigenvalue weighted by atomic mass is 16.4. The lowest BCUT2D eigenvalue weighted by atomic mass is 9.81. The van der Waals surface area contributed by atoms with Crippen LogP contribution in [0.15, 0.2) is 18.5 Å². The van der Waals surface area contributed by atoms with Gasteiger partial charge >= 0.3 is 7.12 Å². The van der Waals surface area contributed by atoms with Crippen LogP contribution in [0.5, 0.6) is 0 Å². The minimum absolute atomic E-state index is 0.299. The lowest BCUT2D eigenvalue weighted by molar-refractivity contribution is 0.425. The summed E-state index contributed by atoms with van der Waals surface area (Å²) in [5.74, 6) is 0. The van der Waals surface area contributed by atoms with Gasteiger partial charge in [0.05, 0.1) is 5.69 Å². The first-order valence-corrected chi connectivity index (χ1v) is 4.17. The van der Waals surface area contributed by atoms with E-state index in [0.29, 0.717) is 11.5 Å². The van der Waals surface area contributed by atoms with Gasteiger partial charge in [-0.15, -0.1) is 0 Å². The molecule has 0 fully saturated rings. The van der Waals surface area contributed by atoms with E-state index < -0.39 is 7.12 Å². The minimum atomic E-state index is -1.46. The van der Waals surface area contributed by atoms with Crippen LogP contribution in [0.25, 0.3) is 0 Å². The molecule has 4 nitrogen and oxygen atoms in total. The van der Waals surface area contributed by atoms with Crippen molar-refractivity contribution in [2.75, 3.05) is 5.32 Å². The molecule has 1 aromatic rings. The third-order valence-electron chi connectivity index (χ3n) is 1.51. The predicted octanol–water partition coefficient (Wildman–Crippen LogP) is -0.418. The standard InChI is InChI=1S/C8H13BN2O2/c1-6(2)11-8-3-7(9(12)13)4-10-5-8/h3-6,11-13H,1-2H3. The van der Waals surface area contributed by atoms with E-state index in [1.807, 2.05) is 13.8 Å². The molecule has 3 N–H and O–H groups in total. The Hall–Kier alpha value is -1.07. The van der Waals surface area contributed by atoms with E-state index in [1.54, 1.807) is 12.3 Å². The minimum Gasteiger partial charge on any atom is -0.423 e. The van der Waals surface area contributed by atoms with Crippen molar-refractivity contribution in [2.24, 2.45) is 0 Å². The van der Waals surface area contributed by atoms with Gasteiger partial charge in [0.2, 0.25) is 0 Å². The Kier molecular flexibility index (Phi) is 3.28. The number of hydrogen-bond acceptors (Lipinski definition) is 4. The fraction of sp³-hybridized carbons (Fsp3) is 0.375. The summed E-state index contributed by atoms with van der Waals surface area (Å²) in [6.45, 7) is 4.00. The van der Waals surface area contributed by atoms with Crippen LogP contribution in [0.2, 0.25) is 0 Å². The molecule has 1 rings (SSSR count). The van der Waals surface area contributed by atoms with Crippen molar-refractivity contribution in [3.8, 4) is 0 Å². The van der Waals surface area contributed by atoms with Crippen molar-refractivity contribution in [3.63, 3.8) is 0 Å². The molecule has 5 heteroatoms. The molecule has 1 aromatic heterocycles. The normalized spacial score (nSPS) is 10.2. The van der Waals surface area contributed by atoms with Crippen LogP contribution in [0, 0.1) is 0 Å². The van der Waals surface area contributed by atoms with E-state index in [2.05, 4.69) is 10.3 Å². The molecule has 0 radical (unpaired) electrons. The molecule has 1 heterocycles. The van der Waals surface area contributed by atoms with Gasteiger partial charge in [0.1, 0.15) is 0 Å². The maximum absolute atomic E-state index is 8.87. The van der Waals surface area contributed by atoms with E-state index in [1.165, 1.54) is 6.20 Å². The molecule has 0 aliphatic rings. The molecule has 0 spiro atoms. The lowest BCUT2D eigenvalue weighted by Crippen LogP contribution is -2.30. The van der Waals surface area contributed by atoms with Crippen LogP contribution in [0.4, 0.5) is 5.69 Å². The lowest BCUT2D eigenvalue weighted by Gasteiger charge is -2.10. The van der Waals surface area contributed by atoms with Gasteiger partial charge in [0.25, 0.3) is 0 Å². The van der Waals surface area contributed by atoms with Gasteiger partial charge in [-0.05, 0) is 19.9 Å². The molecule has 70 valence electrons. The van der Waals surface area contributed by atoms with Gasteiger partial charge in [-0.3, -0.25) is 4.98 Å². The van der Waals surface area contributed by atoms with Crippen molar-refractivity contribution in [3.05, 3.63) is 18.5 Å². The molecule has 0 aliphatic carbocycles. The van der Waals surface area contributed by atoms with E-state index in [0.717, 1.165) is 5.69 Å². The van der Waals surface area contributed by atoms with E-state index in [4.69, 9.17) is 10.0 Å². The third-order valence-corrected chi connectivity index (χ3v) is 1.51. The number of nitrogens with one attached hydrogen (secondary N) is 1. The van der Waals surface area contributed by atoms with Gasteiger partial charge in [0, 0.05) is 23.9 Å². The highest BCUT2D eigenvalue weighted by Gasteiger charge is 2.11. The largest absolute Gasteiger partial charge is 0.490 e. The number of pyridine rings is 1. The van der Waals surface area contributed by atoms with E-state index >= 15 is 0 Å². The van der Waals surface area contributed by atoms with Crippen molar-refractivity contribution in [1.29, 1.82) is 0 Å². The molecule has 0 amide bonds. The maximum Gasteiger partial charge on any atom is 0.490 e. The molecule has 0 saturated heterocycles. The van der Waals surface area contributed by atoms with Gasteiger partial charge in [-0.25, -0.2) is 0 Å². The van der Waals surface area contributed by atoms with Gasteiger partial charge in [-0.1, -0.05) is 0 Å². The number of rotatable bonds is 3. The molecular weight excluding hydrogens is 167 g/mol. The number of aromatic nitrogens is 1. The maximum atomic E-state index is 8.87. The van der Waals surface area contributed by atoms with Crippen molar-refractivity contribution >= 4 is 18.3 Å². The molecule has 13 heavy (non-hydrogen) atoms. The van der Waals surface area contributed by atoms with Crippen LogP contribution < -0.4 is 10.8 Å². The Balaban J connectivity index is 2.79. The van der Waals surface area contributed by atoms with Crippen LogP contribution in [0.3, 0.4) is 0 Å². The Morgan fingerprint density at radius 2 is 2.08 bits per heavy atom. The molecule has 0 aromatic carbocycles. The summed E-state index contributed by atoms with van der Waals surface area (Å²) in [6, 6.07) is 1.96. The van der Waals surface area contributed by atoms with Gasteiger partial charge in [0.15, 0.2) is 0 Å². The fourth-order valence-electron chi connectivity index (χ4n) is 1.01. The average Bonchev–Trinajstić information content (AvgIpc) is 2.03. The zero-order valence-corrected chi connectivity index (χ0v) is 7.73. The number of nitrogens with zero attached hydrogens (tertiary/aromatic N) is 1. The summed E-state index contributed by atoms with van der Waals surface area (Å²) in [6.07, 6.45) is 3.07. The molecule has 0 unspecified atom stereocenters. The Bertz CT molecular complexity index is 279. The van der Waals surface area contributed by atoms with E-state index in [9.17, 15) is 0 Å². The summed E-state index contributed by atoms with van der Waals surface area (Å²) in [7, 11) is -1.46. The van der Waals surface area contributed by atoms with Crippen molar-refractivity contribution < 1.29 is 10.0 Å². The summed E-state index contributed by atoms with van der Waals surface area (Å²) in [4.78, 5) is 3.88. The first-order chi connectivity index (χ1) is 6.09. The Morgan fingerprint density at radius 1 is 1.38 bits per heavy atom. The fourth-order valence-corrected chi connectivity index (χ4v) is 1.01. The first-order valence-electron chi connectivity index (χ1n) is 4.17. The van der Waals surface area contributed by atoms with Crippen LogP contribution in [0.1, 0.15) is 13.8 Å². The number of anilines is 1. The van der Waals surface area contributed by atoms with Gasteiger partial charge in [-0.2, -0.15) is 0 Å². The second-order valence-corrected chi connectivity index (χ2v) is 3.18. The third kappa shape index (κ3) is 3.04. The summed E-state index contributed by atoms with van der Waals surface area (Å²) in [5.41, 5.74) is 1.19. The topological polar surface area (TPSA) is 65.4 Å². The molecule has 0 atom stereocenters. The zero-order valence-electron chi connectivity index (χ0n) is 7.73. The predicted molar refractivity (Wildman–Crippen MR) is 52.8 cm³/mol. The summed E-state index contributed by atoms with van der Waals surface area (Å²) < 4.78 is 0. The highest BCUT2D eigenvalue weighted by molar-refractivity contribution is 6.58. The average molecular weight is 180 g/mol. The van der Waals surface area contributed by atoms with Gasteiger partial charge < -0.3 is 15.4 Å². The Morgan fingerprint density at radius 3 is 2.62 bits per heavy atom. The quantitative estimate of drug-likeness (QED) is 0.553. The smallest absolute Gasteiger partial charge is 0.423 e. The monoisotopic (exact) mass is 180 g/mol. The highest BCUT2D eigenvalue weighted by Crippen LogP contribution is 2.03. The molecular formula is C8H13BN2O2. The van der Waals surface area contributed by atoms with Crippen LogP contribution in [-0.4, -0.2) is 28.2 Å². The first kappa shape index (κ1) is 10.0. The molecule has 0 saturated carbocycles. The van der Waals surface area contributed by atoms with E-state index in [-0.39, 0.29) is 0 Å². The molecule has 0 bridgehead atoms. The Labute approximate surface area is 77.8 Å². The summed E-state index contributed by atoms with van der Waals surface area (Å²) in [5, 5.41) is 20.9. The van der Waals surface area contributed by atoms with Crippen LogP contribution in [-0.2, 0) is 0 Å².